The van der Waals surface area contributed by atoms with E-state index in [1.165, 1.54) is 6.42 Å². The zero-order chi connectivity index (χ0) is 17.2. The third-order valence-electron chi connectivity index (χ3n) is 4.98. The third kappa shape index (κ3) is 3.57. The van der Waals surface area contributed by atoms with Crippen molar-refractivity contribution in [3.05, 3.63) is 48.3 Å². The Balaban J connectivity index is 1.31. The predicted octanol–water partition coefficient (Wildman–Crippen LogP) is 2.56. The number of hydrogen-bond acceptors (Lipinski definition) is 5. The zero-order valence-electron chi connectivity index (χ0n) is 14.3. The number of carbonyl (C=O) groups excluding carboxylic acids is 1. The number of furan rings is 1. The van der Waals surface area contributed by atoms with Gasteiger partial charge in [0.1, 0.15) is 17.3 Å². The molecule has 0 spiro atoms. The average Bonchev–Trinajstić information content (AvgIpc) is 3.20. The molecule has 6 nitrogen and oxygen atoms in total. The molecule has 1 aliphatic heterocycles. The number of rotatable bonds is 4. The molecular weight excluding hydrogens is 316 g/mol. The molecule has 0 aromatic carbocycles. The fourth-order valence-corrected chi connectivity index (χ4v) is 3.25. The van der Waals surface area contributed by atoms with E-state index < -0.39 is 0 Å². The number of piperazine rings is 1. The van der Waals surface area contributed by atoms with E-state index in [-0.39, 0.29) is 5.91 Å². The van der Waals surface area contributed by atoms with Crippen LogP contribution in [0.3, 0.4) is 0 Å². The summed E-state index contributed by atoms with van der Waals surface area (Å²) in [4.78, 5) is 24.8. The van der Waals surface area contributed by atoms with Crippen molar-refractivity contribution in [2.24, 2.45) is 5.92 Å². The van der Waals surface area contributed by atoms with Crippen molar-refractivity contribution in [1.29, 1.82) is 0 Å². The van der Waals surface area contributed by atoms with Crippen LogP contribution in [0.4, 0.5) is 5.82 Å². The fourth-order valence-electron chi connectivity index (χ4n) is 3.25. The second-order valence-corrected chi connectivity index (χ2v) is 6.77. The fraction of sp³-hybridized carbons (Fsp3) is 0.421. The molecule has 3 heterocycles. The quantitative estimate of drug-likeness (QED) is 0.802. The minimum absolute atomic E-state index is 0.0246. The molecule has 2 aromatic rings. The highest BCUT2D eigenvalue weighted by atomic mass is 16.3. The largest absolute Gasteiger partial charge is 0.461 e. The highest BCUT2D eigenvalue weighted by Crippen LogP contribution is 2.47. The van der Waals surface area contributed by atoms with E-state index in [2.05, 4.69) is 21.8 Å². The van der Waals surface area contributed by atoms with Crippen LogP contribution in [0.1, 0.15) is 30.8 Å². The molecule has 2 fully saturated rings. The molecule has 1 amide bonds. The van der Waals surface area contributed by atoms with E-state index in [0.29, 0.717) is 19.0 Å². The molecule has 1 saturated carbocycles. The monoisotopic (exact) mass is 338 g/mol. The number of anilines is 1. The lowest BCUT2D eigenvalue weighted by Crippen LogP contribution is -2.48. The molecule has 130 valence electrons. The standard InChI is InChI=1S/C19H22N4O2/c1-14-12-16(14)17-4-2-15(25-17)3-5-19(24)23-10-8-22(9-11-23)18-13-20-6-7-21-18/h2-7,13-14,16H,8-12H2,1H3/b5-3+/t14-,16-/m1/s1. The molecule has 1 saturated heterocycles. The summed E-state index contributed by atoms with van der Waals surface area (Å²) in [5, 5.41) is 0. The second kappa shape index (κ2) is 6.70. The number of carbonyl (C=O) groups is 1. The highest BCUT2D eigenvalue weighted by Gasteiger charge is 2.36. The molecular formula is C19H22N4O2. The maximum atomic E-state index is 12.4. The lowest BCUT2D eigenvalue weighted by Gasteiger charge is -2.34. The van der Waals surface area contributed by atoms with E-state index in [1.54, 1.807) is 30.7 Å². The van der Waals surface area contributed by atoms with Crippen LogP contribution in [0.2, 0.25) is 0 Å². The number of hydrogen-bond donors (Lipinski definition) is 0. The van der Waals surface area contributed by atoms with Crippen LogP contribution in [-0.2, 0) is 4.79 Å². The first-order valence-electron chi connectivity index (χ1n) is 8.78. The lowest BCUT2D eigenvalue weighted by molar-refractivity contribution is -0.126. The Kier molecular flexibility index (Phi) is 4.26. The van der Waals surface area contributed by atoms with Gasteiger partial charge >= 0.3 is 0 Å². The second-order valence-electron chi connectivity index (χ2n) is 6.77. The van der Waals surface area contributed by atoms with Crippen molar-refractivity contribution in [3.8, 4) is 0 Å². The van der Waals surface area contributed by atoms with Gasteiger partial charge in [-0.05, 0) is 30.5 Å². The van der Waals surface area contributed by atoms with Crippen molar-refractivity contribution in [2.45, 2.75) is 19.3 Å². The van der Waals surface area contributed by atoms with Gasteiger partial charge in [0.2, 0.25) is 5.91 Å². The van der Waals surface area contributed by atoms with Gasteiger partial charge in [0.15, 0.2) is 0 Å². The minimum Gasteiger partial charge on any atom is -0.461 e. The Hall–Kier alpha value is -2.63. The summed E-state index contributed by atoms with van der Waals surface area (Å²) in [5.74, 6) is 3.96. The molecule has 25 heavy (non-hydrogen) atoms. The Morgan fingerprint density at radius 2 is 2.04 bits per heavy atom. The number of nitrogens with zero attached hydrogens (tertiary/aromatic N) is 4. The van der Waals surface area contributed by atoms with Crippen LogP contribution in [-0.4, -0.2) is 47.0 Å². The highest BCUT2D eigenvalue weighted by molar-refractivity contribution is 5.91. The maximum absolute atomic E-state index is 12.4. The van der Waals surface area contributed by atoms with Gasteiger partial charge in [0.05, 0.1) is 6.20 Å². The SMILES string of the molecule is C[C@@H]1C[C@H]1c1ccc(/C=C/C(=O)N2CCN(c3cnccn3)CC2)o1. The van der Waals surface area contributed by atoms with Crippen molar-refractivity contribution in [3.63, 3.8) is 0 Å². The van der Waals surface area contributed by atoms with Gasteiger partial charge in [-0.2, -0.15) is 0 Å². The van der Waals surface area contributed by atoms with E-state index >= 15 is 0 Å². The first kappa shape index (κ1) is 15.9. The molecule has 2 aromatic heterocycles. The van der Waals surface area contributed by atoms with Crippen molar-refractivity contribution in [2.75, 3.05) is 31.1 Å². The van der Waals surface area contributed by atoms with Crippen LogP contribution in [0.5, 0.6) is 0 Å². The summed E-state index contributed by atoms with van der Waals surface area (Å²) in [6.07, 6.45) is 9.69. The van der Waals surface area contributed by atoms with Crippen molar-refractivity contribution in [1.82, 2.24) is 14.9 Å². The lowest BCUT2D eigenvalue weighted by atomic mass is 10.2. The molecule has 0 unspecified atom stereocenters. The van der Waals surface area contributed by atoms with Crippen LogP contribution in [0.25, 0.3) is 6.08 Å². The van der Waals surface area contributed by atoms with Crippen molar-refractivity contribution >= 4 is 17.8 Å². The summed E-state index contributed by atoms with van der Waals surface area (Å²) in [6.45, 7) is 5.13. The normalized spacial score (nSPS) is 23.2. The topological polar surface area (TPSA) is 62.5 Å². The third-order valence-corrected chi connectivity index (χ3v) is 4.98. The average molecular weight is 338 g/mol. The van der Waals surface area contributed by atoms with Gasteiger partial charge in [-0.1, -0.05) is 6.92 Å². The Labute approximate surface area is 147 Å². The summed E-state index contributed by atoms with van der Waals surface area (Å²) in [7, 11) is 0. The Morgan fingerprint density at radius 1 is 1.24 bits per heavy atom. The summed E-state index contributed by atoms with van der Waals surface area (Å²) < 4.78 is 5.81. The van der Waals surface area contributed by atoms with E-state index in [1.807, 2.05) is 17.0 Å². The first-order chi connectivity index (χ1) is 12.2. The summed E-state index contributed by atoms with van der Waals surface area (Å²) in [6, 6.07) is 3.97. The smallest absolute Gasteiger partial charge is 0.246 e. The molecule has 4 rings (SSSR count). The van der Waals surface area contributed by atoms with Gasteiger partial charge in [0.25, 0.3) is 0 Å². The van der Waals surface area contributed by atoms with Gasteiger partial charge in [-0.3, -0.25) is 9.78 Å². The van der Waals surface area contributed by atoms with E-state index in [9.17, 15) is 4.79 Å². The van der Waals surface area contributed by atoms with E-state index in [4.69, 9.17) is 4.42 Å². The zero-order valence-corrected chi connectivity index (χ0v) is 14.3. The Bertz CT molecular complexity index is 763. The summed E-state index contributed by atoms with van der Waals surface area (Å²) >= 11 is 0. The van der Waals surface area contributed by atoms with Crippen molar-refractivity contribution < 1.29 is 9.21 Å². The molecule has 0 radical (unpaired) electrons. The molecule has 6 heteroatoms. The predicted molar refractivity (Wildman–Crippen MR) is 95.1 cm³/mol. The molecule has 0 bridgehead atoms. The maximum Gasteiger partial charge on any atom is 0.246 e. The summed E-state index contributed by atoms with van der Waals surface area (Å²) in [5.41, 5.74) is 0. The van der Waals surface area contributed by atoms with Gasteiger partial charge in [-0.15, -0.1) is 0 Å². The van der Waals surface area contributed by atoms with E-state index in [0.717, 1.165) is 36.3 Å². The van der Waals surface area contributed by atoms with Crippen LogP contribution in [0, 0.1) is 5.92 Å². The molecule has 1 aliphatic carbocycles. The molecule has 2 aliphatic rings. The molecule has 2 atom stereocenters. The Morgan fingerprint density at radius 3 is 2.72 bits per heavy atom. The van der Waals surface area contributed by atoms with Gasteiger partial charge in [0, 0.05) is 50.6 Å². The number of aromatic nitrogens is 2. The van der Waals surface area contributed by atoms with Gasteiger partial charge in [-0.25, -0.2) is 4.98 Å². The van der Waals surface area contributed by atoms with Crippen LogP contribution >= 0.6 is 0 Å². The van der Waals surface area contributed by atoms with Crippen LogP contribution < -0.4 is 4.90 Å². The van der Waals surface area contributed by atoms with Gasteiger partial charge < -0.3 is 14.2 Å². The molecule has 0 N–H and O–H groups in total. The van der Waals surface area contributed by atoms with Crippen LogP contribution in [0.15, 0.2) is 41.2 Å². The minimum atomic E-state index is 0.0246. The first-order valence-corrected chi connectivity index (χ1v) is 8.78. The number of amides is 1.